The molecule has 2 N–H and O–H groups in total. The minimum Gasteiger partial charge on any atom is -0.466 e. The molecule has 0 aliphatic heterocycles. The maximum atomic E-state index is 12.7. The quantitative estimate of drug-likeness (QED) is 0.289. The number of rotatable bonds is 11. The Morgan fingerprint density at radius 2 is 1.60 bits per heavy atom. The normalized spacial score (nSPS) is 11.0. The number of amides is 1. The van der Waals surface area contributed by atoms with E-state index in [2.05, 4.69) is 10.0 Å². The number of anilines is 2. The van der Waals surface area contributed by atoms with E-state index in [9.17, 15) is 18.0 Å². The lowest BCUT2D eigenvalue weighted by Gasteiger charge is -2.12. The molecule has 0 heterocycles. The van der Waals surface area contributed by atoms with Crippen LogP contribution >= 0.6 is 0 Å². The van der Waals surface area contributed by atoms with Crippen LogP contribution in [-0.2, 0) is 30.8 Å². The molecule has 0 bridgehead atoms. The van der Waals surface area contributed by atoms with Crippen LogP contribution in [0.5, 0.6) is 0 Å². The summed E-state index contributed by atoms with van der Waals surface area (Å²) in [6.07, 6.45) is 1.49. The van der Waals surface area contributed by atoms with Gasteiger partial charge in [0.05, 0.1) is 23.6 Å². The van der Waals surface area contributed by atoms with E-state index in [1.165, 1.54) is 29.8 Å². The molecule has 0 spiro atoms. The first-order chi connectivity index (χ1) is 16.7. The summed E-state index contributed by atoms with van der Waals surface area (Å²) < 4.78 is 33.2. The fourth-order valence-electron chi connectivity index (χ4n) is 3.47. The van der Waals surface area contributed by atoms with Gasteiger partial charge in [-0.15, -0.1) is 0 Å². The van der Waals surface area contributed by atoms with E-state index in [0.29, 0.717) is 18.0 Å². The Labute approximate surface area is 206 Å². The van der Waals surface area contributed by atoms with E-state index in [1.54, 1.807) is 6.07 Å². The zero-order valence-corrected chi connectivity index (χ0v) is 20.7. The number of aryl methyl sites for hydroxylation is 3. The average molecular weight is 495 g/mol. The highest BCUT2D eigenvalue weighted by molar-refractivity contribution is 7.92. The van der Waals surface area contributed by atoms with Crippen LogP contribution in [0.25, 0.3) is 0 Å². The average Bonchev–Trinajstić information content (AvgIpc) is 2.83. The maximum absolute atomic E-state index is 12.7. The van der Waals surface area contributed by atoms with Crippen molar-refractivity contribution in [2.75, 3.05) is 16.6 Å². The van der Waals surface area contributed by atoms with E-state index in [-0.39, 0.29) is 23.6 Å². The largest absolute Gasteiger partial charge is 0.466 e. The third kappa shape index (κ3) is 8.26. The van der Waals surface area contributed by atoms with Gasteiger partial charge in [0.15, 0.2) is 0 Å². The molecule has 8 heteroatoms. The Balaban J connectivity index is 1.42. The first-order valence-corrected chi connectivity index (χ1v) is 12.9. The number of sulfonamides is 1. The Kier molecular flexibility index (Phi) is 9.03. The van der Waals surface area contributed by atoms with E-state index in [1.807, 2.05) is 56.3 Å². The van der Waals surface area contributed by atoms with Crippen LogP contribution in [0.1, 0.15) is 36.0 Å². The molecular formula is C27H30N2O5S. The Bertz CT molecular complexity index is 1260. The second kappa shape index (κ2) is 12.2. The molecular weight excluding hydrogens is 464 g/mol. The first-order valence-electron chi connectivity index (χ1n) is 11.4. The maximum Gasteiger partial charge on any atom is 0.306 e. The molecule has 0 saturated heterocycles. The van der Waals surface area contributed by atoms with Gasteiger partial charge >= 0.3 is 5.97 Å². The topological polar surface area (TPSA) is 102 Å². The molecule has 7 nitrogen and oxygen atoms in total. The number of carbonyl (C=O) groups is 2. The minimum atomic E-state index is -3.77. The zero-order chi connectivity index (χ0) is 25.3. The van der Waals surface area contributed by atoms with Gasteiger partial charge < -0.3 is 10.1 Å². The standard InChI is InChI=1S/C27H30N2O5S/c1-20-10-15-25(21(2)19-20)29-35(32,33)24-13-11-23(12-14-24)28-26(30)16-17-27(31)34-18-6-9-22-7-4-3-5-8-22/h3-5,7-8,10-15,19,29H,6,9,16-18H2,1-2H3,(H,28,30). The van der Waals surface area contributed by atoms with Crippen molar-refractivity contribution >= 4 is 33.3 Å². The lowest BCUT2D eigenvalue weighted by Crippen LogP contribution is -2.16. The molecule has 0 saturated carbocycles. The SMILES string of the molecule is Cc1ccc(NS(=O)(=O)c2ccc(NC(=O)CCC(=O)OCCCc3ccccc3)cc2)c(C)c1. The molecule has 0 atom stereocenters. The fraction of sp³-hybridized carbons (Fsp3) is 0.259. The molecule has 0 aromatic heterocycles. The molecule has 1 amide bonds. The number of hydrogen-bond acceptors (Lipinski definition) is 5. The van der Waals surface area contributed by atoms with Gasteiger partial charge in [-0.05, 0) is 68.1 Å². The van der Waals surface area contributed by atoms with Gasteiger partial charge in [-0.3, -0.25) is 14.3 Å². The lowest BCUT2D eigenvalue weighted by molar-refractivity contribution is -0.144. The van der Waals surface area contributed by atoms with Crippen LogP contribution in [0.2, 0.25) is 0 Å². The van der Waals surface area contributed by atoms with Gasteiger partial charge in [0.25, 0.3) is 10.0 Å². The van der Waals surface area contributed by atoms with Crippen LogP contribution in [0.4, 0.5) is 11.4 Å². The summed E-state index contributed by atoms with van der Waals surface area (Å²) in [6.45, 7) is 4.08. The van der Waals surface area contributed by atoms with Crippen molar-refractivity contribution in [1.29, 1.82) is 0 Å². The fourth-order valence-corrected chi connectivity index (χ4v) is 4.60. The Hall–Kier alpha value is -3.65. The lowest BCUT2D eigenvalue weighted by atomic mass is 10.1. The van der Waals surface area contributed by atoms with Gasteiger partial charge in [-0.25, -0.2) is 8.42 Å². The molecule has 0 aliphatic carbocycles. The zero-order valence-electron chi connectivity index (χ0n) is 19.9. The molecule has 0 aliphatic rings. The third-order valence-electron chi connectivity index (χ3n) is 5.35. The van der Waals surface area contributed by atoms with Crippen LogP contribution in [-0.4, -0.2) is 26.9 Å². The van der Waals surface area contributed by atoms with E-state index in [4.69, 9.17) is 4.74 Å². The Morgan fingerprint density at radius 3 is 2.29 bits per heavy atom. The van der Waals surface area contributed by atoms with E-state index < -0.39 is 16.0 Å². The van der Waals surface area contributed by atoms with Crippen molar-refractivity contribution in [1.82, 2.24) is 0 Å². The van der Waals surface area contributed by atoms with Crippen LogP contribution in [0.15, 0.2) is 77.7 Å². The smallest absolute Gasteiger partial charge is 0.306 e. The van der Waals surface area contributed by atoms with Gasteiger partial charge in [0.2, 0.25) is 5.91 Å². The molecule has 184 valence electrons. The summed E-state index contributed by atoms with van der Waals surface area (Å²) in [4.78, 5) is 24.1. The summed E-state index contributed by atoms with van der Waals surface area (Å²) in [5.41, 5.74) is 4.01. The molecule has 0 fully saturated rings. The van der Waals surface area contributed by atoms with Crippen molar-refractivity contribution < 1.29 is 22.7 Å². The van der Waals surface area contributed by atoms with E-state index >= 15 is 0 Å². The number of esters is 1. The molecule has 0 radical (unpaired) electrons. The number of ether oxygens (including phenoxy) is 1. The molecule has 3 aromatic rings. The molecule has 0 unspecified atom stereocenters. The van der Waals surface area contributed by atoms with Crippen molar-refractivity contribution in [3.8, 4) is 0 Å². The highest BCUT2D eigenvalue weighted by Crippen LogP contribution is 2.22. The van der Waals surface area contributed by atoms with E-state index in [0.717, 1.165) is 24.0 Å². The van der Waals surface area contributed by atoms with Gasteiger partial charge in [-0.2, -0.15) is 0 Å². The molecule has 35 heavy (non-hydrogen) atoms. The van der Waals surface area contributed by atoms with Gasteiger partial charge in [0.1, 0.15) is 0 Å². The number of hydrogen-bond donors (Lipinski definition) is 2. The van der Waals surface area contributed by atoms with Gasteiger partial charge in [-0.1, -0.05) is 48.0 Å². The van der Waals surface area contributed by atoms with Crippen molar-refractivity contribution in [2.45, 2.75) is 44.4 Å². The minimum absolute atomic E-state index is 0.0220. The second-order valence-electron chi connectivity index (χ2n) is 8.31. The van der Waals surface area contributed by atoms with Gasteiger partial charge in [0, 0.05) is 12.1 Å². The summed E-state index contributed by atoms with van der Waals surface area (Å²) >= 11 is 0. The third-order valence-corrected chi connectivity index (χ3v) is 6.73. The second-order valence-corrected chi connectivity index (χ2v) is 9.99. The first kappa shape index (κ1) is 26.0. The van der Waals surface area contributed by atoms with Crippen molar-refractivity contribution in [3.05, 3.63) is 89.5 Å². The number of nitrogens with one attached hydrogen (secondary N) is 2. The predicted octanol–water partition coefficient (Wildman–Crippen LogP) is 5.00. The summed E-state index contributed by atoms with van der Waals surface area (Å²) in [7, 11) is -3.77. The van der Waals surface area contributed by atoms with Crippen LogP contribution in [0, 0.1) is 13.8 Å². The molecule has 3 aromatic carbocycles. The van der Waals surface area contributed by atoms with Crippen LogP contribution < -0.4 is 10.0 Å². The van der Waals surface area contributed by atoms with Crippen LogP contribution in [0.3, 0.4) is 0 Å². The number of benzene rings is 3. The predicted molar refractivity (Wildman–Crippen MR) is 137 cm³/mol. The summed E-state index contributed by atoms with van der Waals surface area (Å²) in [5.74, 6) is -0.776. The summed E-state index contributed by atoms with van der Waals surface area (Å²) in [6, 6.07) is 21.3. The van der Waals surface area contributed by atoms with Crippen molar-refractivity contribution in [2.24, 2.45) is 0 Å². The van der Waals surface area contributed by atoms with Crippen molar-refractivity contribution in [3.63, 3.8) is 0 Å². The highest BCUT2D eigenvalue weighted by Gasteiger charge is 2.16. The molecule has 3 rings (SSSR count). The highest BCUT2D eigenvalue weighted by atomic mass is 32.2. The number of carbonyl (C=O) groups excluding carboxylic acids is 2. The Morgan fingerprint density at radius 1 is 0.886 bits per heavy atom. The monoisotopic (exact) mass is 494 g/mol. The summed E-state index contributed by atoms with van der Waals surface area (Å²) in [5, 5.41) is 2.67.